The van der Waals surface area contributed by atoms with E-state index in [2.05, 4.69) is 34.0 Å². The summed E-state index contributed by atoms with van der Waals surface area (Å²) in [5.41, 5.74) is 0.614. The zero-order valence-corrected chi connectivity index (χ0v) is 15.5. The number of nitrogens with zero attached hydrogens (tertiary/aromatic N) is 3. The SMILES string of the molecule is CCC(CC)NC(=O)N1CCN(Cc2nc3ccccc3c(=O)[nH]2)CC1. The van der Waals surface area contributed by atoms with Crippen LogP contribution in [0.3, 0.4) is 0 Å². The fourth-order valence-corrected chi connectivity index (χ4v) is 3.29. The highest BCUT2D eigenvalue weighted by Crippen LogP contribution is 2.09. The number of aromatic nitrogens is 2. The number of fused-ring (bicyclic) bond motifs is 1. The summed E-state index contributed by atoms with van der Waals surface area (Å²) in [5, 5.41) is 3.70. The zero-order chi connectivity index (χ0) is 18.5. The van der Waals surface area contributed by atoms with Crippen LogP contribution in [-0.2, 0) is 6.54 Å². The molecule has 26 heavy (non-hydrogen) atoms. The second-order valence-electron chi connectivity index (χ2n) is 6.76. The first-order valence-electron chi connectivity index (χ1n) is 9.36. The number of nitrogens with one attached hydrogen (secondary N) is 2. The number of amides is 2. The van der Waals surface area contributed by atoms with Crippen LogP contribution in [0, 0.1) is 0 Å². The molecule has 2 heterocycles. The number of urea groups is 1. The van der Waals surface area contributed by atoms with E-state index in [0.29, 0.717) is 30.8 Å². The number of benzene rings is 1. The molecule has 0 saturated carbocycles. The van der Waals surface area contributed by atoms with Crippen molar-refractivity contribution < 1.29 is 4.79 Å². The van der Waals surface area contributed by atoms with E-state index in [1.54, 1.807) is 6.07 Å². The van der Waals surface area contributed by atoms with Crippen LogP contribution >= 0.6 is 0 Å². The lowest BCUT2D eigenvalue weighted by Crippen LogP contribution is -2.53. The number of para-hydroxylation sites is 1. The van der Waals surface area contributed by atoms with Gasteiger partial charge >= 0.3 is 6.03 Å². The van der Waals surface area contributed by atoms with E-state index in [0.717, 1.165) is 31.4 Å². The van der Waals surface area contributed by atoms with Crippen molar-refractivity contribution in [1.82, 2.24) is 25.1 Å². The number of rotatable bonds is 5. The summed E-state index contributed by atoms with van der Waals surface area (Å²) in [6.07, 6.45) is 1.90. The third-order valence-corrected chi connectivity index (χ3v) is 5.01. The average molecular weight is 357 g/mol. The van der Waals surface area contributed by atoms with Gasteiger partial charge in [0.05, 0.1) is 17.4 Å². The van der Waals surface area contributed by atoms with Crippen molar-refractivity contribution in [2.75, 3.05) is 26.2 Å². The Morgan fingerprint density at radius 3 is 2.58 bits per heavy atom. The molecule has 2 amide bonds. The molecule has 1 aromatic carbocycles. The smallest absolute Gasteiger partial charge is 0.317 e. The number of hydrogen-bond acceptors (Lipinski definition) is 4. The number of carbonyl (C=O) groups excluding carboxylic acids is 1. The van der Waals surface area contributed by atoms with Gasteiger partial charge < -0.3 is 15.2 Å². The maximum atomic E-state index is 12.3. The second kappa shape index (κ2) is 8.31. The largest absolute Gasteiger partial charge is 0.335 e. The molecule has 0 unspecified atom stereocenters. The van der Waals surface area contributed by atoms with Gasteiger partial charge in [-0.05, 0) is 25.0 Å². The van der Waals surface area contributed by atoms with Crippen molar-refractivity contribution in [2.24, 2.45) is 0 Å². The summed E-state index contributed by atoms with van der Waals surface area (Å²) in [4.78, 5) is 36.0. The van der Waals surface area contributed by atoms with Crippen molar-refractivity contribution in [1.29, 1.82) is 0 Å². The quantitative estimate of drug-likeness (QED) is 0.857. The molecule has 2 N–H and O–H groups in total. The Balaban J connectivity index is 1.57. The molecule has 0 spiro atoms. The monoisotopic (exact) mass is 357 g/mol. The third kappa shape index (κ3) is 4.22. The van der Waals surface area contributed by atoms with E-state index in [1.165, 1.54) is 0 Å². The van der Waals surface area contributed by atoms with Gasteiger partial charge in [0.25, 0.3) is 5.56 Å². The molecule has 1 aromatic heterocycles. The van der Waals surface area contributed by atoms with Gasteiger partial charge in [-0.25, -0.2) is 9.78 Å². The van der Waals surface area contributed by atoms with Crippen LogP contribution in [-0.4, -0.2) is 58.0 Å². The van der Waals surface area contributed by atoms with Gasteiger partial charge in [-0.3, -0.25) is 9.69 Å². The molecule has 1 saturated heterocycles. The molecule has 0 radical (unpaired) electrons. The van der Waals surface area contributed by atoms with Crippen LogP contribution in [0.4, 0.5) is 4.79 Å². The van der Waals surface area contributed by atoms with Gasteiger partial charge in [-0.1, -0.05) is 26.0 Å². The molecule has 3 rings (SSSR count). The van der Waals surface area contributed by atoms with Crippen molar-refractivity contribution in [3.8, 4) is 0 Å². The Hall–Kier alpha value is -2.41. The Bertz CT molecular complexity index is 807. The van der Waals surface area contributed by atoms with Crippen LogP contribution < -0.4 is 10.9 Å². The topological polar surface area (TPSA) is 81.3 Å². The van der Waals surface area contributed by atoms with Gasteiger partial charge in [0.2, 0.25) is 0 Å². The molecule has 2 aromatic rings. The molecule has 1 aliphatic heterocycles. The highest BCUT2D eigenvalue weighted by Gasteiger charge is 2.22. The molecule has 7 nitrogen and oxygen atoms in total. The van der Waals surface area contributed by atoms with E-state index in [4.69, 9.17) is 0 Å². The third-order valence-electron chi connectivity index (χ3n) is 5.01. The molecule has 0 atom stereocenters. The molecular weight excluding hydrogens is 330 g/mol. The van der Waals surface area contributed by atoms with Crippen LogP contribution in [0.1, 0.15) is 32.5 Å². The predicted molar refractivity (Wildman–Crippen MR) is 102 cm³/mol. The summed E-state index contributed by atoms with van der Waals surface area (Å²) < 4.78 is 0. The predicted octanol–water partition coefficient (Wildman–Crippen LogP) is 1.94. The van der Waals surface area contributed by atoms with E-state index in [-0.39, 0.29) is 17.6 Å². The fraction of sp³-hybridized carbons (Fsp3) is 0.526. The minimum absolute atomic E-state index is 0.0237. The average Bonchev–Trinajstić information content (AvgIpc) is 2.66. The highest BCUT2D eigenvalue weighted by atomic mass is 16.2. The lowest BCUT2D eigenvalue weighted by atomic mass is 10.2. The lowest BCUT2D eigenvalue weighted by molar-refractivity contribution is 0.131. The van der Waals surface area contributed by atoms with Gasteiger partial charge in [0.1, 0.15) is 5.82 Å². The standard InChI is InChI=1S/C19H27N5O2/c1-3-14(4-2)20-19(26)24-11-9-23(10-12-24)13-17-21-16-8-6-5-7-15(16)18(25)22-17/h5-8,14H,3-4,9-13H2,1-2H3,(H,20,26)(H,21,22,25). The Kier molecular flexibility index (Phi) is 5.88. The van der Waals surface area contributed by atoms with Crippen LogP contribution in [0.5, 0.6) is 0 Å². The van der Waals surface area contributed by atoms with Gasteiger partial charge in [-0.2, -0.15) is 0 Å². The summed E-state index contributed by atoms with van der Waals surface area (Å²) in [6, 6.07) is 7.62. The van der Waals surface area contributed by atoms with E-state index in [9.17, 15) is 9.59 Å². The Morgan fingerprint density at radius 1 is 1.19 bits per heavy atom. The highest BCUT2D eigenvalue weighted by molar-refractivity contribution is 5.77. The van der Waals surface area contributed by atoms with Crippen molar-refractivity contribution in [3.63, 3.8) is 0 Å². The maximum Gasteiger partial charge on any atom is 0.317 e. The summed E-state index contributed by atoms with van der Waals surface area (Å²) in [7, 11) is 0. The van der Waals surface area contributed by atoms with Gasteiger partial charge in [0, 0.05) is 32.2 Å². The number of carbonyl (C=O) groups is 1. The molecule has 7 heteroatoms. The lowest BCUT2D eigenvalue weighted by Gasteiger charge is -2.35. The zero-order valence-electron chi connectivity index (χ0n) is 15.5. The minimum atomic E-state index is -0.103. The molecular formula is C19H27N5O2. The Morgan fingerprint density at radius 2 is 1.88 bits per heavy atom. The molecule has 1 fully saturated rings. The Labute approximate surface area is 153 Å². The van der Waals surface area contributed by atoms with Crippen molar-refractivity contribution in [3.05, 3.63) is 40.4 Å². The number of H-pyrrole nitrogens is 1. The van der Waals surface area contributed by atoms with Gasteiger partial charge in [-0.15, -0.1) is 0 Å². The first kappa shape index (κ1) is 18.4. The van der Waals surface area contributed by atoms with Crippen molar-refractivity contribution in [2.45, 2.75) is 39.3 Å². The first-order chi connectivity index (χ1) is 12.6. The number of aromatic amines is 1. The van der Waals surface area contributed by atoms with Crippen molar-refractivity contribution >= 4 is 16.9 Å². The van der Waals surface area contributed by atoms with Crippen LogP contribution in [0.2, 0.25) is 0 Å². The first-order valence-corrected chi connectivity index (χ1v) is 9.36. The maximum absolute atomic E-state index is 12.3. The van der Waals surface area contributed by atoms with E-state index < -0.39 is 0 Å². The van der Waals surface area contributed by atoms with Crippen LogP contribution in [0.25, 0.3) is 10.9 Å². The molecule has 0 aliphatic carbocycles. The number of hydrogen-bond donors (Lipinski definition) is 2. The second-order valence-corrected chi connectivity index (χ2v) is 6.76. The van der Waals surface area contributed by atoms with Gasteiger partial charge in [0.15, 0.2) is 0 Å². The molecule has 1 aliphatic rings. The fourth-order valence-electron chi connectivity index (χ4n) is 3.29. The number of piperazine rings is 1. The normalized spacial score (nSPS) is 15.6. The van der Waals surface area contributed by atoms with Crippen LogP contribution in [0.15, 0.2) is 29.1 Å². The summed E-state index contributed by atoms with van der Waals surface area (Å²) >= 11 is 0. The van der Waals surface area contributed by atoms with E-state index >= 15 is 0 Å². The minimum Gasteiger partial charge on any atom is -0.335 e. The molecule has 140 valence electrons. The summed E-state index contributed by atoms with van der Waals surface area (Å²) in [5.74, 6) is 0.670. The molecule has 0 bridgehead atoms. The summed E-state index contributed by atoms with van der Waals surface area (Å²) in [6.45, 7) is 7.67. The van der Waals surface area contributed by atoms with E-state index in [1.807, 2.05) is 23.1 Å².